The Hall–Kier alpha value is -2.83. The molecule has 1 aromatic carbocycles. The number of hydrogen-bond acceptors (Lipinski definition) is 6. The first kappa shape index (κ1) is 20.5. The Kier molecular flexibility index (Phi) is 6.25. The summed E-state index contributed by atoms with van der Waals surface area (Å²) in [5.74, 6) is -0.249. The van der Waals surface area contributed by atoms with Crippen LogP contribution in [0.4, 0.5) is 4.79 Å². The monoisotopic (exact) mass is 375 g/mol. The lowest BCUT2D eigenvalue weighted by atomic mass is 10.0. The third kappa shape index (κ3) is 6.44. The summed E-state index contributed by atoms with van der Waals surface area (Å²) in [5.41, 5.74) is -0.852. The molecule has 146 valence electrons. The third-order valence-corrected chi connectivity index (χ3v) is 3.50. The van der Waals surface area contributed by atoms with E-state index >= 15 is 0 Å². The summed E-state index contributed by atoms with van der Waals surface area (Å²) in [4.78, 5) is 35.9. The topological polar surface area (TPSA) is 94.8 Å². The van der Waals surface area contributed by atoms with Crippen molar-refractivity contribution in [1.29, 1.82) is 0 Å². The fraction of sp³-hybridized carbons (Fsp3) is 0.450. The zero-order valence-electron chi connectivity index (χ0n) is 16.2. The van der Waals surface area contributed by atoms with E-state index in [4.69, 9.17) is 13.9 Å². The molecule has 2 aromatic rings. The first-order valence-electron chi connectivity index (χ1n) is 8.78. The van der Waals surface area contributed by atoms with Gasteiger partial charge in [0.2, 0.25) is 0 Å². The Morgan fingerprint density at radius 3 is 2.44 bits per heavy atom. The summed E-state index contributed by atoms with van der Waals surface area (Å²) in [7, 11) is 0. The predicted molar refractivity (Wildman–Crippen MR) is 101 cm³/mol. The van der Waals surface area contributed by atoms with Crippen LogP contribution in [0.25, 0.3) is 11.0 Å². The van der Waals surface area contributed by atoms with Crippen LogP contribution in [0, 0.1) is 5.92 Å². The van der Waals surface area contributed by atoms with Gasteiger partial charge in [-0.25, -0.2) is 14.4 Å². The van der Waals surface area contributed by atoms with E-state index < -0.39 is 29.3 Å². The highest BCUT2D eigenvalue weighted by atomic mass is 16.6. The van der Waals surface area contributed by atoms with Crippen LogP contribution < -0.4 is 15.7 Å². The molecule has 0 saturated heterocycles. The number of nitrogens with one attached hydrogen (secondary N) is 1. The summed E-state index contributed by atoms with van der Waals surface area (Å²) < 4.78 is 15.7. The van der Waals surface area contributed by atoms with Crippen molar-refractivity contribution in [2.45, 2.75) is 52.7 Å². The van der Waals surface area contributed by atoms with Gasteiger partial charge in [0.1, 0.15) is 23.0 Å². The Bertz CT molecular complexity index is 878. The van der Waals surface area contributed by atoms with Crippen molar-refractivity contribution in [2.75, 3.05) is 0 Å². The minimum Gasteiger partial charge on any atom is -0.444 e. The van der Waals surface area contributed by atoms with Gasteiger partial charge in [-0.05, 0) is 51.3 Å². The van der Waals surface area contributed by atoms with Gasteiger partial charge in [0.15, 0.2) is 0 Å². The number of benzene rings is 1. The maximum Gasteiger partial charge on any atom is 0.408 e. The van der Waals surface area contributed by atoms with Crippen LogP contribution >= 0.6 is 0 Å². The molecular weight excluding hydrogens is 350 g/mol. The highest BCUT2D eigenvalue weighted by Gasteiger charge is 2.26. The van der Waals surface area contributed by atoms with Crippen molar-refractivity contribution in [3.63, 3.8) is 0 Å². The summed E-state index contributed by atoms with van der Waals surface area (Å²) in [6.45, 7) is 9.09. The quantitative estimate of drug-likeness (QED) is 0.487. The molecule has 0 aliphatic heterocycles. The average molecular weight is 375 g/mol. The summed E-state index contributed by atoms with van der Waals surface area (Å²) in [5, 5.41) is 3.27. The number of fused-ring (bicyclic) bond motifs is 1. The van der Waals surface area contributed by atoms with Crippen LogP contribution in [-0.4, -0.2) is 23.7 Å². The molecule has 0 saturated carbocycles. The molecule has 1 aromatic heterocycles. The highest BCUT2D eigenvalue weighted by molar-refractivity contribution is 5.84. The SMILES string of the molecule is CC(C)CC(NC(=O)OC(C)(C)C)C(=O)Oc1ccc2ccc(=O)oc2c1. The molecule has 0 spiro atoms. The van der Waals surface area contributed by atoms with Gasteiger partial charge in [0, 0.05) is 17.5 Å². The lowest BCUT2D eigenvalue weighted by Crippen LogP contribution is -2.45. The van der Waals surface area contributed by atoms with E-state index in [0.29, 0.717) is 17.4 Å². The van der Waals surface area contributed by atoms with Crippen LogP contribution in [0.15, 0.2) is 39.5 Å². The van der Waals surface area contributed by atoms with E-state index in [2.05, 4.69) is 5.32 Å². The molecule has 1 amide bonds. The van der Waals surface area contributed by atoms with Crippen LogP contribution in [0.2, 0.25) is 0 Å². The smallest absolute Gasteiger partial charge is 0.408 e. The lowest BCUT2D eigenvalue weighted by Gasteiger charge is -2.23. The van der Waals surface area contributed by atoms with E-state index in [-0.39, 0.29) is 11.7 Å². The van der Waals surface area contributed by atoms with Gasteiger partial charge in [-0.15, -0.1) is 0 Å². The summed E-state index contributed by atoms with van der Waals surface area (Å²) in [6, 6.07) is 6.82. The van der Waals surface area contributed by atoms with Gasteiger partial charge in [-0.2, -0.15) is 0 Å². The molecule has 0 aliphatic carbocycles. The molecule has 1 heterocycles. The van der Waals surface area contributed by atoms with Gasteiger partial charge in [-0.1, -0.05) is 13.8 Å². The molecular formula is C20H25NO6. The van der Waals surface area contributed by atoms with Gasteiger partial charge in [-0.3, -0.25) is 0 Å². The standard InChI is InChI=1S/C20H25NO6/c1-12(2)10-15(21-19(24)27-20(3,4)5)18(23)25-14-8-6-13-7-9-17(22)26-16(13)11-14/h6-9,11-12,15H,10H2,1-5H3,(H,21,24). The molecule has 1 unspecified atom stereocenters. The Morgan fingerprint density at radius 1 is 1.15 bits per heavy atom. The highest BCUT2D eigenvalue weighted by Crippen LogP contribution is 2.20. The third-order valence-electron chi connectivity index (χ3n) is 3.50. The maximum absolute atomic E-state index is 12.6. The minimum atomic E-state index is -0.863. The van der Waals surface area contributed by atoms with Gasteiger partial charge < -0.3 is 19.2 Å². The number of rotatable bonds is 5. The van der Waals surface area contributed by atoms with Gasteiger partial charge >= 0.3 is 17.7 Å². The molecule has 7 heteroatoms. The number of amides is 1. The zero-order valence-corrected chi connectivity index (χ0v) is 16.2. The van der Waals surface area contributed by atoms with E-state index in [1.54, 1.807) is 39.0 Å². The number of hydrogen-bond donors (Lipinski definition) is 1. The number of ether oxygens (including phenoxy) is 2. The number of alkyl carbamates (subject to hydrolysis) is 1. The molecule has 0 bridgehead atoms. The van der Waals surface area contributed by atoms with Crippen LogP contribution in [-0.2, 0) is 9.53 Å². The lowest BCUT2D eigenvalue weighted by molar-refractivity contribution is -0.137. The van der Waals surface area contributed by atoms with E-state index in [9.17, 15) is 14.4 Å². The molecule has 0 radical (unpaired) electrons. The molecule has 0 fully saturated rings. The molecule has 7 nitrogen and oxygen atoms in total. The zero-order chi connectivity index (χ0) is 20.2. The Labute approximate surface area is 157 Å². The largest absolute Gasteiger partial charge is 0.444 e. The Balaban J connectivity index is 2.15. The summed E-state index contributed by atoms with van der Waals surface area (Å²) in [6.07, 6.45) is -0.296. The molecule has 0 aliphatic rings. The second kappa shape index (κ2) is 8.24. The molecule has 27 heavy (non-hydrogen) atoms. The second-order valence-corrected chi connectivity index (χ2v) is 7.70. The first-order chi connectivity index (χ1) is 12.5. The van der Waals surface area contributed by atoms with Crippen LogP contribution in [0.1, 0.15) is 41.0 Å². The van der Waals surface area contributed by atoms with Crippen molar-refractivity contribution < 1.29 is 23.5 Å². The van der Waals surface area contributed by atoms with Crippen molar-refractivity contribution in [3.05, 3.63) is 40.8 Å². The number of esters is 1. The van der Waals surface area contributed by atoms with Crippen molar-refractivity contribution in [3.8, 4) is 5.75 Å². The van der Waals surface area contributed by atoms with E-state index in [1.807, 2.05) is 13.8 Å². The fourth-order valence-corrected chi connectivity index (χ4v) is 2.43. The van der Waals surface area contributed by atoms with Crippen LogP contribution in [0.5, 0.6) is 5.75 Å². The minimum absolute atomic E-state index is 0.145. The van der Waals surface area contributed by atoms with Crippen molar-refractivity contribution >= 4 is 23.0 Å². The maximum atomic E-state index is 12.6. The molecule has 1 N–H and O–H groups in total. The average Bonchev–Trinajstić information content (AvgIpc) is 2.51. The first-order valence-corrected chi connectivity index (χ1v) is 8.78. The van der Waals surface area contributed by atoms with Crippen molar-refractivity contribution in [1.82, 2.24) is 5.32 Å². The number of carbonyl (C=O) groups is 2. The fourth-order valence-electron chi connectivity index (χ4n) is 2.43. The number of carbonyl (C=O) groups excluding carboxylic acids is 2. The Morgan fingerprint density at radius 2 is 1.81 bits per heavy atom. The normalized spacial score (nSPS) is 12.7. The second-order valence-electron chi connectivity index (χ2n) is 7.70. The van der Waals surface area contributed by atoms with E-state index in [0.717, 1.165) is 0 Å². The molecule has 1 atom stereocenters. The van der Waals surface area contributed by atoms with Crippen molar-refractivity contribution in [2.24, 2.45) is 5.92 Å². The van der Waals surface area contributed by atoms with Gasteiger partial charge in [0.25, 0.3) is 0 Å². The van der Waals surface area contributed by atoms with Crippen LogP contribution in [0.3, 0.4) is 0 Å². The predicted octanol–water partition coefficient (Wildman–Crippen LogP) is 3.64. The van der Waals surface area contributed by atoms with Gasteiger partial charge in [0.05, 0.1) is 0 Å². The molecule has 2 rings (SSSR count). The summed E-state index contributed by atoms with van der Waals surface area (Å²) >= 11 is 0. The van der Waals surface area contributed by atoms with E-state index in [1.165, 1.54) is 12.1 Å².